The summed E-state index contributed by atoms with van der Waals surface area (Å²) in [5.41, 5.74) is 3.53. The van der Waals surface area contributed by atoms with Crippen LogP contribution in [-0.4, -0.2) is 42.1 Å². The van der Waals surface area contributed by atoms with Gasteiger partial charge in [-0.1, -0.05) is 30.3 Å². The van der Waals surface area contributed by atoms with E-state index in [0.29, 0.717) is 36.6 Å². The van der Waals surface area contributed by atoms with E-state index >= 15 is 0 Å². The Labute approximate surface area is 182 Å². The molecule has 3 amide bonds. The van der Waals surface area contributed by atoms with Crippen molar-refractivity contribution < 1.29 is 14.3 Å². The number of amides is 3. The zero-order valence-electron chi connectivity index (χ0n) is 17.7. The molecule has 0 unspecified atom stereocenters. The minimum Gasteiger partial charge on any atom is -0.383 e. The molecule has 0 radical (unpaired) electrons. The van der Waals surface area contributed by atoms with Crippen LogP contribution in [-0.2, 0) is 11.3 Å². The summed E-state index contributed by atoms with van der Waals surface area (Å²) in [6, 6.07) is 17.9. The van der Waals surface area contributed by atoms with E-state index in [1.807, 2.05) is 55.5 Å². The van der Waals surface area contributed by atoms with E-state index < -0.39 is 0 Å². The number of hydrogen-bond acceptors (Lipinski definition) is 4. The van der Waals surface area contributed by atoms with Gasteiger partial charge in [0.25, 0.3) is 5.91 Å². The first-order chi connectivity index (χ1) is 15.1. The lowest BCUT2D eigenvalue weighted by Gasteiger charge is -2.23. The van der Waals surface area contributed by atoms with E-state index in [9.17, 15) is 9.59 Å². The number of carbonyl (C=O) groups is 2. The maximum Gasteiger partial charge on any atom is 0.322 e. The number of urea groups is 1. The van der Waals surface area contributed by atoms with Gasteiger partial charge in [0.1, 0.15) is 0 Å². The van der Waals surface area contributed by atoms with Crippen LogP contribution in [0.4, 0.5) is 16.2 Å². The number of hydrogen-bond donors (Lipinski definition) is 2. The van der Waals surface area contributed by atoms with Crippen molar-refractivity contribution in [2.75, 3.05) is 30.9 Å². The zero-order valence-corrected chi connectivity index (χ0v) is 17.7. The Hall–Kier alpha value is -3.71. The second-order valence-corrected chi connectivity index (χ2v) is 7.06. The van der Waals surface area contributed by atoms with Crippen molar-refractivity contribution in [1.82, 2.24) is 9.88 Å². The molecule has 7 nitrogen and oxygen atoms in total. The second kappa shape index (κ2) is 10.9. The Bertz CT molecular complexity index is 1010. The number of ether oxygens (including phenoxy) is 1. The van der Waals surface area contributed by atoms with Gasteiger partial charge in [-0.15, -0.1) is 0 Å². The van der Waals surface area contributed by atoms with Crippen molar-refractivity contribution in [1.29, 1.82) is 0 Å². The summed E-state index contributed by atoms with van der Waals surface area (Å²) in [5.74, 6) is -0.242. The highest BCUT2D eigenvalue weighted by molar-refractivity contribution is 6.05. The van der Waals surface area contributed by atoms with Gasteiger partial charge in [-0.2, -0.15) is 0 Å². The molecule has 160 valence electrons. The maximum atomic E-state index is 13.0. The third-order valence-corrected chi connectivity index (χ3v) is 4.72. The lowest BCUT2D eigenvalue weighted by molar-refractivity contribution is 0.102. The molecule has 3 rings (SSSR count). The highest BCUT2D eigenvalue weighted by atomic mass is 16.5. The van der Waals surface area contributed by atoms with Crippen molar-refractivity contribution in [3.05, 3.63) is 89.7 Å². The molecular formula is C24H26N4O3. The molecule has 0 saturated heterocycles. The van der Waals surface area contributed by atoms with Gasteiger partial charge in [-0.05, 0) is 48.4 Å². The zero-order chi connectivity index (χ0) is 22.1. The topological polar surface area (TPSA) is 83.6 Å². The predicted octanol–water partition coefficient (Wildman–Crippen LogP) is 4.32. The lowest BCUT2D eigenvalue weighted by atomic mass is 10.1. The number of nitrogens with zero attached hydrogens (tertiary/aromatic N) is 2. The molecule has 0 fully saturated rings. The van der Waals surface area contributed by atoms with Crippen LogP contribution in [0.25, 0.3) is 0 Å². The van der Waals surface area contributed by atoms with Gasteiger partial charge in [-0.25, -0.2) is 4.79 Å². The van der Waals surface area contributed by atoms with Crippen LogP contribution < -0.4 is 10.6 Å². The number of anilines is 2. The summed E-state index contributed by atoms with van der Waals surface area (Å²) in [5, 5.41) is 5.79. The van der Waals surface area contributed by atoms with Crippen molar-refractivity contribution in [3.63, 3.8) is 0 Å². The number of para-hydroxylation sites is 1. The average molecular weight is 418 g/mol. The van der Waals surface area contributed by atoms with Crippen molar-refractivity contribution in [2.24, 2.45) is 0 Å². The summed E-state index contributed by atoms with van der Waals surface area (Å²) < 4.78 is 5.15. The quantitative estimate of drug-likeness (QED) is 0.571. The number of nitrogens with one attached hydrogen (secondary N) is 2. The van der Waals surface area contributed by atoms with Crippen LogP contribution >= 0.6 is 0 Å². The van der Waals surface area contributed by atoms with Crippen LogP contribution in [0.1, 0.15) is 21.5 Å². The van der Waals surface area contributed by atoms with Gasteiger partial charge in [0.05, 0.1) is 6.61 Å². The molecule has 0 spiro atoms. The number of aromatic nitrogens is 1. The van der Waals surface area contributed by atoms with Gasteiger partial charge in [0.15, 0.2) is 0 Å². The molecule has 0 saturated carbocycles. The van der Waals surface area contributed by atoms with Crippen LogP contribution in [0.3, 0.4) is 0 Å². The first-order valence-corrected chi connectivity index (χ1v) is 9.97. The SMILES string of the molecule is COCCN(Cc1cccnc1)C(=O)Nc1cc(C(=O)Nc2ccccc2)ccc1C. The van der Waals surface area contributed by atoms with E-state index in [4.69, 9.17) is 4.74 Å². The van der Waals surface area contributed by atoms with Gasteiger partial charge in [-0.3, -0.25) is 9.78 Å². The number of pyridine rings is 1. The lowest BCUT2D eigenvalue weighted by Crippen LogP contribution is -2.37. The third-order valence-electron chi connectivity index (χ3n) is 4.72. The molecule has 0 aliphatic heterocycles. The smallest absolute Gasteiger partial charge is 0.322 e. The summed E-state index contributed by atoms with van der Waals surface area (Å²) in [7, 11) is 1.60. The van der Waals surface area contributed by atoms with Crippen LogP contribution in [0.15, 0.2) is 73.1 Å². The number of aryl methyl sites for hydroxylation is 1. The minimum absolute atomic E-state index is 0.242. The first kappa shape index (κ1) is 22.0. The molecule has 2 aromatic carbocycles. The van der Waals surface area contributed by atoms with E-state index in [1.54, 1.807) is 36.5 Å². The molecule has 3 aromatic rings. The van der Waals surface area contributed by atoms with Crippen molar-refractivity contribution in [3.8, 4) is 0 Å². The van der Waals surface area contributed by atoms with E-state index in [0.717, 1.165) is 11.1 Å². The fourth-order valence-electron chi connectivity index (χ4n) is 2.98. The monoisotopic (exact) mass is 418 g/mol. The van der Waals surface area contributed by atoms with Gasteiger partial charge in [0.2, 0.25) is 0 Å². The van der Waals surface area contributed by atoms with Gasteiger partial charge in [0, 0.05) is 49.5 Å². The fraction of sp³-hybridized carbons (Fsp3) is 0.208. The van der Waals surface area contributed by atoms with Crippen LogP contribution in [0, 0.1) is 6.92 Å². The molecular weight excluding hydrogens is 392 g/mol. The highest BCUT2D eigenvalue weighted by Gasteiger charge is 2.16. The van der Waals surface area contributed by atoms with Gasteiger partial charge >= 0.3 is 6.03 Å². The average Bonchev–Trinajstić information content (AvgIpc) is 2.79. The minimum atomic E-state index is -0.273. The van der Waals surface area contributed by atoms with Gasteiger partial charge < -0.3 is 20.3 Å². The Kier molecular flexibility index (Phi) is 7.73. The molecule has 31 heavy (non-hydrogen) atoms. The summed E-state index contributed by atoms with van der Waals surface area (Å²) >= 11 is 0. The Morgan fingerprint density at radius 3 is 2.55 bits per heavy atom. The molecule has 0 aliphatic carbocycles. The standard InChI is InChI=1S/C24H26N4O3/c1-18-10-11-20(23(29)26-21-8-4-3-5-9-21)15-22(18)27-24(30)28(13-14-31-2)17-19-7-6-12-25-16-19/h3-12,15-16H,13-14,17H2,1-2H3,(H,26,29)(H,27,30). The summed E-state index contributed by atoms with van der Waals surface area (Å²) in [6.45, 7) is 3.11. The molecule has 0 atom stereocenters. The molecule has 1 aromatic heterocycles. The Morgan fingerprint density at radius 1 is 1.03 bits per heavy atom. The van der Waals surface area contributed by atoms with E-state index in [2.05, 4.69) is 15.6 Å². The number of methoxy groups -OCH3 is 1. The summed E-state index contributed by atoms with van der Waals surface area (Å²) in [6.07, 6.45) is 3.42. The number of benzene rings is 2. The van der Waals surface area contributed by atoms with E-state index in [1.165, 1.54) is 0 Å². The molecule has 0 bridgehead atoms. The number of rotatable bonds is 8. The van der Waals surface area contributed by atoms with Crippen molar-refractivity contribution in [2.45, 2.75) is 13.5 Å². The third kappa shape index (κ3) is 6.38. The Balaban J connectivity index is 1.73. The largest absolute Gasteiger partial charge is 0.383 e. The molecule has 1 heterocycles. The molecule has 0 aliphatic rings. The molecule has 2 N–H and O–H groups in total. The predicted molar refractivity (Wildman–Crippen MR) is 121 cm³/mol. The maximum absolute atomic E-state index is 13.0. The Morgan fingerprint density at radius 2 is 1.84 bits per heavy atom. The van der Waals surface area contributed by atoms with Crippen LogP contribution in [0.5, 0.6) is 0 Å². The van der Waals surface area contributed by atoms with Crippen molar-refractivity contribution >= 4 is 23.3 Å². The normalized spacial score (nSPS) is 10.4. The highest BCUT2D eigenvalue weighted by Crippen LogP contribution is 2.19. The number of carbonyl (C=O) groups excluding carboxylic acids is 2. The van der Waals surface area contributed by atoms with Crippen LogP contribution in [0.2, 0.25) is 0 Å². The first-order valence-electron chi connectivity index (χ1n) is 9.97. The second-order valence-electron chi connectivity index (χ2n) is 7.06. The molecule has 7 heteroatoms. The van der Waals surface area contributed by atoms with E-state index in [-0.39, 0.29) is 11.9 Å². The summed E-state index contributed by atoms with van der Waals surface area (Å²) in [4.78, 5) is 31.4. The fourth-order valence-corrected chi connectivity index (χ4v) is 2.98.